The predicted molar refractivity (Wildman–Crippen MR) is 71.2 cm³/mol. The van der Waals surface area contributed by atoms with Crippen molar-refractivity contribution >= 4 is 11.9 Å². The molecule has 1 aromatic heterocycles. The van der Waals surface area contributed by atoms with Gasteiger partial charge in [-0.1, -0.05) is 6.92 Å². The molecule has 0 atom stereocenters. The van der Waals surface area contributed by atoms with E-state index in [1.54, 1.807) is 0 Å². The first kappa shape index (κ1) is 12.9. The Hall–Kier alpha value is -1.59. The van der Waals surface area contributed by atoms with Crippen molar-refractivity contribution in [2.24, 2.45) is 5.92 Å². The van der Waals surface area contributed by atoms with Crippen molar-refractivity contribution in [3.63, 3.8) is 0 Å². The molecule has 1 saturated carbocycles. The van der Waals surface area contributed by atoms with Crippen molar-refractivity contribution in [3.8, 4) is 6.01 Å². The van der Waals surface area contributed by atoms with Crippen molar-refractivity contribution in [1.82, 2.24) is 15.0 Å². The molecule has 0 aliphatic heterocycles. The number of ether oxygens (including phenoxy) is 1. The molecule has 1 aliphatic rings. The SMILES string of the molecule is CCCNc1nc(OCC2CC2)nc(N(C)C)n1. The molecular formula is C12H21N5O. The molecule has 1 aromatic rings. The smallest absolute Gasteiger partial charge is 0.323 e. The zero-order valence-corrected chi connectivity index (χ0v) is 11.3. The molecular weight excluding hydrogens is 230 g/mol. The van der Waals surface area contributed by atoms with Gasteiger partial charge in [0.05, 0.1) is 6.61 Å². The fraction of sp³-hybridized carbons (Fsp3) is 0.750. The molecule has 18 heavy (non-hydrogen) atoms. The van der Waals surface area contributed by atoms with Crippen LogP contribution in [0.5, 0.6) is 6.01 Å². The largest absolute Gasteiger partial charge is 0.463 e. The van der Waals surface area contributed by atoms with Gasteiger partial charge in [0.25, 0.3) is 0 Å². The molecule has 1 aliphatic carbocycles. The minimum atomic E-state index is 0.416. The summed E-state index contributed by atoms with van der Waals surface area (Å²) >= 11 is 0. The third-order valence-corrected chi connectivity index (χ3v) is 2.68. The van der Waals surface area contributed by atoms with Gasteiger partial charge in [-0.05, 0) is 25.2 Å². The van der Waals surface area contributed by atoms with Crippen LogP contribution >= 0.6 is 0 Å². The van der Waals surface area contributed by atoms with Crippen LogP contribution < -0.4 is 15.0 Å². The summed E-state index contributed by atoms with van der Waals surface area (Å²) in [4.78, 5) is 14.7. The molecule has 0 bridgehead atoms. The second-order valence-corrected chi connectivity index (χ2v) is 4.82. The van der Waals surface area contributed by atoms with Crippen LogP contribution in [0.3, 0.4) is 0 Å². The van der Waals surface area contributed by atoms with Gasteiger partial charge in [0, 0.05) is 20.6 Å². The number of hydrogen-bond donors (Lipinski definition) is 1. The summed E-state index contributed by atoms with van der Waals surface area (Å²) in [6.45, 7) is 3.66. The molecule has 0 spiro atoms. The van der Waals surface area contributed by atoms with E-state index in [1.807, 2.05) is 19.0 Å². The lowest BCUT2D eigenvalue weighted by molar-refractivity contribution is 0.276. The highest BCUT2D eigenvalue weighted by atomic mass is 16.5. The maximum atomic E-state index is 5.61. The highest BCUT2D eigenvalue weighted by Crippen LogP contribution is 2.29. The normalized spacial score (nSPS) is 14.4. The van der Waals surface area contributed by atoms with Crippen LogP contribution in [0.4, 0.5) is 11.9 Å². The van der Waals surface area contributed by atoms with E-state index >= 15 is 0 Å². The summed E-state index contributed by atoms with van der Waals surface area (Å²) in [5.41, 5.74) is 0. The summed E-state index contributed by atoms with van der Waals surface area (Å²) in [7, 11) is 3.81. The van der Waals surface area contributed by atoms with Gasteiger partial charge in [-0.25, -0.2) is 0 Å². The Bertz CT molecular complexity index is 392. The Balaban J connectivity index is 2.07. The van der Waals surface area contributed by atoms with Gasteiger partial charge in [0.2, 0.25) is 11.9 Å². The van der Waals surface area contributed by atoms with Gasteiger partial charge < -0.3 is 15.0 Å². The average Bonchev–Trinajstić information content (AvgIpc) is 3.17. The molecule has 100 valence electrons. The zero-order valence-electron chi connectivity index (χ0n) is 11.3. The molecule has 1 N–H and O–H groups in total. The molecule has 2 rings (SSSR count). The molecule has 6 nitrogen and oxygen atoms in total. The monoisotopic (exact) mass is 251 g/mol. The molecule has 1 fully saturated rings. The van der Waals surface area contributed by atoms with E-state index in [-0.39, 0.29) is 0 Å². The Morgan fingerprint density at radius 1 is 1.28 bits per heavy atom. The molecule has 0 saturated heterocycles. The maximum absolute atomic E-state index is 5.61. The van der Waals surface area contributed by atoms with E-state index in [9.17, 15) is 0 Å². The van der Waals surface area contributed by atoms with Crippen LogP contribution in [0.2, 0.25) is 0 Å². The van der Waals surface area contributed by atoms with E-state index in [0.29, 0.717) is 30.4 Å². The third-order valence-electron chi connectivity index (χ3n) is 2.68. The van der Waals surface area contributed by atoms with E-state index in [2.05, 4.69) is 27.2 Å². The van der Waals surface area contributed by atoms with E-state index in [0.717, 1.165) is 13.0 Å². The lowest BCUT2D eigenvalue weighted by Gasteiger charge is -2.13. The van der Waals surface area contributed by atoms with E-state index < -0.39 is 0 Å². The van der Waals surface area contributed by atoms with Crippen molar-refractivity contribution in [2.75, 3.05) is 37.5 Å². The molecule has 0 radical (unpaired) electrons. The van der Waals surface area contributed by atoms with Crippen molar-refractivity contribution in [1.29, 1.82) is 0 Å². The Morgan fingerprint density at radius 2 is 2.06 bits per heavy atom. The molecule has 1 heterocycles. The second-order valence-electron chi connectivity index (χ2n) is 4.82. The van der Waals surface area contributed by atoms with Gasteiger partial charge in [-0.2, -0.15) is 15.0 Å². The van der Waals surface area contributed by atoms with Crippen LogP contribution in [-0.4, -0.2) is 42.2 Å². The minimum Gasteiger partial charge on any atom is -0.463 e. The van der Waals surface area contributed by atoms with Gasteiger partial charge in [-0.3, -0.25) is 0 Å². The number of rotatable bonds is 7. The Kier molecular flexibility index (Phi) is 4.17. The summed E-state index contributed by atoms with van der Waals surface area (Å²) in [5.74, 6) is 1.90. The van der Waals surface area contributed by atoms with E-state index in [1.165, 1.54) is 12.8 Å². The van der Waals surface area contributed by atoms with Crippen LogP contribution in [0.15, 0.2) is 0 Å². The number of hydrogen-bond acceptors (Lipinski definition) is 6. The van der Waals surface area contributed by atoms with Crippen molar-refractivity contribution < 1.29 is 4.74 Å². The summed E-state index contributed by atoms with van der Waals surface area (Å²) in [6.07, 6.45) is 3.54. The third kappa shape index (κ3) is 3.72. The standard InChI is InChI=1S/C12H21N5O/c1-4-7-13-10-14-11(17(2)3)16-12(15-10)18-8-9-5-6-9/h9H,4-8H2,1-3H3,(H,13,14,15,16). The van der Waals surface area contributed by atoms with Crippen LogP contribution in [-0.2, 0) is 0 Å². The van der Waals surface area contributed by atoms with Crippen LogP contribution in [0, 0.1) is 5.92 Å². The van der Waals surface area contributed by atoms with Gasteiger partial charge >= 0.3 is 6.01 Å². The average molecular weight is 251 g/mol. The van der Waals surface area contributed by atoms with Crippen LogP contribution in [0.25, 0.3) is 0 Å². The topological polar surface area (TPSA) is 63.2 Å². The van der Waals surface area contributed by atoms with Crippen LogP contribution in [0.1, 0.15) is 26.2 Å². The lowest BCUT2D eigenvalue weighted by atomic mass is 10.5. The number of aromatic nitrogens is 3. The second kappa shape index (κ2) is 5.84. The zero-order chi connectivity index (χ0) is 13.0. The van der Waals surface area contributed by atoms with Gasteiger partial charge in [0.15, 0.2) is 0 Å². The first-order chi connectivity index (χ1) is 8.69. The highest BCUT2D eigenvalue weighted by molar-refractivity contribution is 5.36. The number of nitrogens with one attached hydrogen (secondary N) is 1. The summed E-state index contributed by atoms with van der Waals surface area (Å²) < 4.78 is 5.61. The minimum absolute atomic E-state index is 0.416. The maximum Gasteiger partial charge on any atom is 0.323 e. The molecule has 6 heteroatoms. The Morgan fingerprint density at radius 3 is 2.67 bits per heavy atom. The quantitative estimate of drug-likeness (QED) is 0.793. The van der Waals surface area contributed by atoms with Gasteiger partial charge in [0.1, 0.15) is 0 Å². The lowest BCUT2D eigenvalue weighted by Crippen LogP contribution is -2.16. The van der Waals surface area contributed by atoms with Crippen molar-refractivity contribution in [3.05, 3.63) is 0 Å². The molecule has 0 unspecified atom stereocenters. The van der Waals surface area contributed by atoms with Crippen molar-refractivity contribution in [2.45, 2.75) is 26.2 Å². The first-order valence-electron chi connectivity index (χ1n) is 6.49. The fourth-order valence-corrected chi connectivity index (χ4v) is 1.40. The number of nitrogens with zero attached hydrogens (tertiary/aromatic N) is 4. The highest BCUT2D eigenvalue weighted by Gasteiger charge is 2.22. The Labute approximate surface area is 108 Å². The summed E-state index contributed by atoms with van der Waals surface area (Å²) in [6, 6.07) is 0.416. The predicted octanol–water partition coefficient (Wildman–Crippen LogP) is 1.55. The summed E-state index contributed by atoms with van der Waals surface area (Å²) in [5, 5.41) is 3.16. The molecule has 0 aromatic carbocycles. The van der Waals surface area contributed by atoms with Gasteiger partial charge in [-0.15, -0.1) is 0 Å². The number of anilines is 2. The first-order valence-corrected chi connectivity index (χ1v) is 6.49. The van der Waals surface area contributed by atoms with E-state index in [4.69, 9.17) is 4.74 Å². The fourth-order valence-electron chi connectivity index (χ4n) is 1.40. The molecule has 0 amide bonds.